The molecule has 0 bridgehead atoms. The van der Waals surface area contributed by atoms with Crippen molar-refractivity contribution in [3.05, 3.63) is 39.9 Å². The van der Waals surface area contributed by atoms with Crippen molar-refractivity contribution in [2.45, 2.75) is 6.42 Å². The van der Waals surface area contributed by atoms with Gasteiger partial charge in [-0.3, -0.25) is 4.79 Å². The number of halogens is 2. The van der Waals surface area contributed by atoms with Gasteiger partial charge in [0.2, 0.25) is 5.91 Å². The second-order valence-corrected chi connectivity index (χ2v) is 5.52. The third-order valence-electron chi connectivity index (χ3n) is 3.29. The molecule has 0 radical (unpaired) electrons. The molecule has 102 valence electrons. The van der Waals surface area contributed by atoms with E-state index in [4.69, 9.17) is 28.9 Å². The number of amides is 1. The molecule has 1 saturated heterocycles. The van der Waals surface area contributed by atoms with Crippen LogP contribution in [0.25, 0.3) is 6.08 Å². The number of benzene rings is 1. The summed E-state index contributed by atoms with van der Waals surface area (Å²) in [6.07, 6.45) is 4.22. The molecular formula is C14H16Cl2N2O. The van der Waals surface area contributed by atoms with E-state index in [1.165, 1.54) is 6.08 Å². The molecule has 0 aliphatic carbocycles. The highest BCUT2D eigenvalue weighted by molar-refractivity contribution is 6.34. The van der Waals surface area contributed by atoms with E-state index in [1.54, 1.807) is 24.3 Å². The smallest absolute Gasteiger partial charge is 0.246 e. The maximum atomic E-state index is 12.0. The van der Waals surface area contributed by atoms with Crippen LogP contribution in [0.3, 0.4) is 0 Å². The minimum absolute atomic E-state index is 0.00741. The topological polar surface area (TPSA) is 46.3 Å². The molecule has 1 unspecified atom stereocenters. The Balaban J connectivity index is 2.02. The lowest BCUT2D eigenvalue weighted by Gasteiger charge is -2.13. The maximum absolute atomic E-state index is 12.0. The van der Waals surface area contributed by atoms with Crippen LogP contribution in [0.1, 0.15) is 12.0 Å². The molecule has 2 N–H and O–H groups in total. The van der Waals surface area contributed by atoms with Crippen molar-refractivity contribution in [2.24, 2.45) is 11.7 Å². The third-order valence-corrected chi connectivity index (χ3v) is 3.87. The molecule has 19 heavy (non-hydrogen) atoms. The van der Waals surface area contributed by atoms with E-state index in [1.807, 2.05) is 4.90 Å². The molecule has 1 atom stereocenters. The largest absolute Gasteiger partial charge is 0.339 e. The van der Waals surface area contributed by atoms with E-state index in [2.05, 4.69) is 0 Å². The molecule has 2 rings (SSSR count). The Labute approximate surface area is 123 Å². The minimum atomic E-state index is -0.00741. The van der Waals surface area contributed by atoms with Crippen LogP contribution in [0, 0.1) is 5.92 Å². The molecule has 1 heterocycles. The zero-order valence-corrected chi connectivity index (χ0v) is 12.0. The van der Waals surface area contributed by atoms with Gasteiger partial charge in [-0.05, 0) is 48.7 Å². The number of carbonyl (C=O) groups excluding carboxylic acids is 1. The van der Waals surface area contributed by atoms with Gasteiger partial charge in [0.15, 0.2) is 0 Å². The summed E-state index contributed by atoms with van der Waals surface area (Å²) in [6, 6.07) is 5.17. The van der Waals surface area contributed by atoms with E-state index in [0.717, 1.165) is 25.1 Å². The average molecular weight is 299 g/mol. The summed E-state index contributed by atoms with van der Waals surface area (Å²) in [5, 5.41) is 1.18. The molecule has 1 aromatic rings. The highest BCUT2D eigenvalue weighted by Gasteiger charge is 2.23. The SMILES string of the molecule is NCC1CCN(C(=O)C=Cc2cc(Cl)ccc2Cl)C1. The Morgan fingerprint density at radius 1 is 1.47 bits per heavy atom. The summed E-state index contributed by atoms with van der Waals surface area (Å²) in [6.45, 7) is 2.14. The van der Waals surface area contributed by atoms with E-state index in [0.29, 0.717) is 22.5 Å². The van der Waals surface area contributed by atoms with Gasteiger partial charge < -0.3 is 10.6 Å². The molecule has 0 aromatic heterocycles. The fourth-order valence-corrected chi connectivity index (χ4v) is 2.50. The van der Waals surface area contributed by atoms with E-state index in [9.17, 15) is 4.79 Å². The molecule has 1 aromatic carbocycles. The summed E-state index contributed by atoms with van der Waals surface area (Å²) < 4.78 is 0. The summed E-state index contributed by atoms with van der Waals surface area (Å²) in [5.41, 5.74) is 6.36. The van der Waals surface area contributed by atoms with Crippen LogP contribution in [0.5, 0.6) is 0 Å². The highest BCUT2D eigenvalue weighted by Crippen LogP contribution is 2.22. The third kappa shape index (κ3) is 3.72. The van der Waals surface area contributed by atoms with Gasteiger partial charge in [0.05, 0.1) is 0 Å². The van der Waals surface area contributed by atoms with Crippen molar-refractivity contribution in [1.82, 2.24) is 4.90 Å². The molecule has 3 nitrogen and oxygen atoms in total. The average Bonchev–Trinajstić information content (AvgIpc) is 2.88. The van der Waals surface area contributed by atoms with Crippen LogP contribution in [0.2, 0.25) is 10.0 Å². The van der Waals surface area contributed by atoms with Crippen molar-refractivity contribution < 1.29 is 4.79 Å². The summed E-state index contributed by atoms with van der Waals surface area (Å²) in [7, 11) is 0. The Hall–Kier alpha value is -1.03. The summed E-state index contributed by atoms with van der Waals surface area (Å²) in [5.74, 6) is 0.416. The van der Waals surface area contributed by atoms with Gasteiger partial charge >= 0.3 is 0 Å². The lowest BCUT2D eigenvalue weighted by molar-refractivity contribution is -0.125. The number of likely N-dealkylation sites (tertiary alicyclic amines) is 1. The van der Waals surface area contributed by atoms with E-state index in [-0.39, 0.29) is 5.91 Å². The Kier molecular flexibility index (Phi) is 4.86. The molecule has 1 fully saturated rings. The fourth-order valence-electron chi connectivity index (χ4n) is 2.13. The zero-order chi connectivity index (χ0) is 13.8. The first-order valence-corrected chi connectivity index (χ1v) is 6.98. The quantitative estimate of drug-likeness (QED) is 0.872. The Morgan fingerprint density at radius 2 is 2.26 bits per heavy atom. The van der Waals surface area contributed by atoms with Crippen molar-refractivity contribution in [3.63, 3.8) is 0 Å². The van der Waals surface area contributed by atoms with Gasteiger partial charge in [0, 0.05) is 29.2 Å². The van der Waals surface area contributed by atoms with Crippen LogP contribution < -0.4 is 5.73 Å². The van der Waals surface area contributed by atoms with Gasteiger partial charge in [0.1, 0.15) is 0 Å². The normalized spacial score (nSPS) is 19.3. The molecule has 0 saturated carbocycles. The van der Waals surface area contributed by atoms with Gasteiger partial charge in [-0.15, -0.1) is 0 Å². The Bertz CT molecular complexity index is 502. The van der Waals surface area contributed by atoms with E-state index < -0.39 is 0 Å². The molecule has 1 amide bonds. The number of hydrogen-bond acceptors (Lipinski definition) is 2. The second kappa shape index (κ2) is 6.42. The number of nitrogens with two attached hydrogens (primary N) is 1. The van der Waals surface area contributed by atoms with Crippen LogP contribution in [-0.2, 0) is 4.79 Å². The van der Waals surface area contributed by atoms with Gasteiger partial charge in [0.25, 0.3) is 0 Å². The first kappa shape index (κ1) is 14.4. The van der Waals surface area contributed by atoms with Gasteiger partial charge in [-0.2, -0.15) is 0 Å². The number of carbonyl (C=O) groups is 1. The van der Waals surface area contributed by atoms with Crippen molar-refractivity contribution >= 4 is 35.2 Å². The van der Waals surface area contributed by atoms with Crippen LogP contribution in [-0.4, -0.2) is 30.4 Å². The molecule has 1 aliphatic heterocycles. The molecular weight excluding hydrogens is 283 g/mol. The predicted octanol–water partition coefficient (Wildman–Crippen LogP) is 2.81. The van der Waals surface area contributed by atoms with Crippen LogP contribution >= 0.6 is 23.2 Å². The second-order valence-electron chi connectivity index (χ2n) is 4.67. The maximum Gasteiger partial charge on any atom is 0.246 e. The van der Waals surface area contributed by atoms with Crippen molar-refractivity contribution in [2.75, 3.05) is 19.6 Å². The van der Waals surface area contributed by atoms with Crippen LogP contribution in [0.4, 0.5) is 0 Å². The first-order chi connectivity index (χ1) is 9.10. The van der Waals surface area contributed by atoms with Gasteiger partial charge in [-0.25, -0.2) is 0 Å². The fraction of sp³-hybridized carbons (Fsp3) is 0.357. The Morgan fingerprint density at radius 3 is 2.95 bits per heavy atom. The first-order valence-electron chi connectivity index (χ1n) is 6.22. The standard InChI is InChI=1S/C14H16Cl2N2O/c15-12-2-3-13(16)11(7-12)1-4-14(19)18-6-5-10(8-17)9-18/h1-4,7,10H,5-6,8-9,17H2. The summed E-state index contributed by atoms with van der Waals surface area (Å²) in [4.78, 5) is 13.8. The zero-order valence-electron chi connectivity index (χ0n) is 10.5. The highest BCUT2D eigenvalue weighted by atomic mass is 35.5. The predicted molar refractivity (Wildman–Crippen MR) is 79.2 cm³/mol. The lowest BCUT2D eigenvalue weighted by Crippen LogP contribution is -2.28. The number of rotatable bonds is 3. The van der Waals surface area contributed by atoms with E-state index >= 15 is 0 Å². The molecule has 5 heteroatoms. The van der Waals surface area contributed by atoms with Crippen molar-refractivity contribution in [3.8, 4) is 0 Å². The molecule has 0 spiro atoms. The van der Waals surface area contributed by atoms with Gasteiger partial charge in [-0.1, -0.05) is 23.2 Å². The number of hydrogen-bond donors (Lipinski definition) is 1. The molecule has 1 aliphatic rings. The lowest BCUT2D eigenvalue weighted by atomic mass is 10.1. The monoisotopic (exact) mass is 298 g/mol. The van der Waals surface area contributed by atoms with Crippen LogP contribution in [0.15, 0.2) is 24.3 Å². The minimum Gasteiger partial charge on any atom is -0.339 e. The summed E-state index contributed by atoms with van der Waals surface area (Å²) >= 11 is 11.9. The van der Waals surface area contributed by atoms with Crippen molar-refractivity contribution in [1.29, 1.82) is 0 Å². The number of nitrogens with zero attached hydrogens (tertiary/aromatic N) is 1.